The molecule has 142 valence electrons. The van der Waals surface area contributed by atoms with Crippen LogP contribution in [0.1, 0.15) is 26.5 Å². The number of benzene rings is 2. The molecule has 0 spiro atoms. The normalized spacial score (nSPS) is 10.8. The van der Waals surface area contributed by atoms with Crippen LogP contribution in [0.25, 0.3) is 0 Å². The van der Waals surface area contributed by atoms with Crippen LogP contribution in [0.2, 0.25) is 10.0 Å². The van der Waals surface area contributed by atoms with Crippen LogP contribution < -0.4 is 10.7 Å². The predicted molar refractivity (Wildman–Crippen MR) is 112 cm³/mol. The summed E-state index contributed by atoms with van der Waals surface area (Å²) in [5.74, 6) is -0.503. The Bertz CT molecular complexity index is 1070. The molecule has 0 unspecified atom stereocenters. The highest BCUT2D eigenvalue weighted by Gasteiger charge is 2.15. The number of nitrogens with one attached hydrogen (secondary N) is 2. The third-order valence-corrected chi connectivity index (χ3v) is 4.52. The summed E-state index contributed by atoms with van der Waals surface area (Å²) in [4.78, 5) is 24.9. The zero-order valence-corrected chi connectivity index (χ0v) is 17.2. The van der Waals surface area contributed by atoms with Crippen molar-refractivity contribution in [2.24, 2.45) is 5.10 Å². The van der Waals surface area contributed by atoms with Crippen LogP contribution in [0.3, 0.4) is 0 Å². The van der Waals surface area contributed by atoms with E-state index in [4.69, 9.17) is 27.6 Å². The van der Waals surface area contributed by atoms with Crippen LogP contribution in [-0.4, -0.2) is 18.0 Å². The summed E-state index contributed by atoms with van der Waals surface area (Å²) in [6.45, 7) is 0. The van der Waals surface area contributed by atoms with Gasteiger partial charge in [0.2, 0.25) is 0 Å². The first-order chi connectivity index (χ1) is 13.4. The van der Waals surface area contributed by atoms with Gasteiger partial charge in [0.1, 0.15) is 5.76 Å². The predicted octanol–water partition coefficient (Wildman–Crippen LogP) is 5.37. The van der Waals surface area contributed by atoms with Gasteiger partial charge in [-0.15, -0.1) is 0 Å². The van der Waals surface area contributed by atoms with Crippen molar-refractivity contribution in [1.82, 2.24) is 5.43 Å². The Morgan fingerprint density at radius 1 is 1.00 bits per heavy atom. The second-order valence-corrected chi connectivity index (χ2v) is 7.09. The van der Waals surface area contributed by atoms with Crippen LogP contribution >= 0.6 is 39.1 Å². The van der Waals surface area contributed by atoms with Gasteiger partial charge in [0.05, 0.1) is 28.1 Å². The first-order valence-corrected chi connectivity index (χ1v) is 9.43. The number of hydrogen-bond donors (Lipinski definition) is 2. The molecule has 2 aromatic carbocycles. The van der Waals surface area contributed by atoms with E-state index in [0.717, 1.165) is 0 Å². The second kappa shape index (κ2) is 9.05. The lowest BCUT2D eigenvalue weighted by Gasteiger charge is -2.11. The molecule has 0 aliphatic rings. The monoisotopic (exact) mass is 479 g/mol. The maximum Gasteiger partial charge on any atom is 0.273 e. The molecule has 2 N–H and O–H groups in total. The van der Waals surface area contributed by atoms with Crippen molar-refractivity contribution in [2.75, 3.05) is 5.32 Å². The number of amides is 2. The van der Waals surface area contributed by atoms with Gasteiger partial charge in [0.25, 0.3) is 11.8 Å². The Labute approximate surface area is 178 Å². The summed E-state index contributed by atoms with van der Waals surface area (Å²) in [7, 11) is 0. The number of rotatable bonds is 5. The quantitative estimate of drug-likeness (QED) is 0.380. The average molecular weight is 481 g/mol. The van der Waals surface area contributed by atoms with E-state index in [-0.39, 0.29) is 16.1 Å². The van der Waals surface area contributed by atoms with Crippen LogP contribution in [0.15, 0.2) is 68.8 Å². The summed E-state index contributed by atoms with van der Waals surface area (Å²) >= 11 is 15.1. The minimum absolute atomic E-state index is 0.209. The zero-order chi connectivity index (χ0) is 20.1. The Morgan fingerprint density at radius 3 is 2.50 bits per heavy atom. The fourth-order valence-electron chi connectivity index (χ4n) is 2.27. The van der Waals surface area contributed by atoms with E-state index >= 15 is 0 Å². The van der Waals surface area contributed by atoms with E-state index in [1.807, 2.05) is 0 Å². The molecule has 0 saturated heterocycles. The molecule has 3 aromatic rings. The fraction of sp³-hybridized carbons (Fsp3) is 0. The summed E-state index contributed by atoms with van der Waals surface area (Å²) in [6, 6.07) is 14.5. The van der Waals surface area contributed by atoms with Crippen LogP contribution in [0.5, 0.6) is 0 Å². The van der Waals surface area contributed by atoms with Gasteiger partial charge < -0.3 is 9.73 Å². The van der Waals surface area contributed by atoms with Gasteiger partial charge in [-0.25, -0.2) is 5.43 Å². The number of hydrogen-bond acceptors (Lipinski definition) is 4. The molecule has 0 fully saturated rings. The molecule has 3 rings (SSSR count). The summed E-state index contributed by atoms with van der Waals surface area (Å²) in [5.41, 5.74) is 3.17. The van der Waals surface area contributed by atoms with Gasteiger partial charge in [-0.1, -0.05) is 35.3 Å². The van der Waals surface area contributed by atoms with Gasteiger partial charge in [0.15, 0.2) is 4.67 Å². The number of nitrogens with zero attached hydrogens (tertiary/aromatic N) is 1. The number of carbonyl (C=O) groups is 2. The highest BCUT2D eigenvalue weighted by Crippen LogP contribution is 2.23. The van der Waals surface area contributed by atoms with Gasteiger partial charge in [-0.2, -0.15) is 5.10 Å². The molecular formula is C19H12BrCl2N3O3. The minimum atomic E-state index is -0.500. The number of para-hydroxylation sites is 1. The lowest BCUT2D eigenvalue weighted by atomic mass is 10.1. The third-order valence-electron chi connectivity index (χ3n) is 3.55. The van der Waals surface area contributed by atoms with E-state index in [0.29, 0.717) is 21.1 Å². The van der Waals surface area contributed by atoms with Crippen molar-refractivity contribution in [2.45, 2.75) is 0 Å². The van der Waals surface area contributed by atoms with Crippen molar-refractivity contribution >= 4 is 62.8 Å². The SMILES string of the molecule is O=C(Nc1ccccc1C(=O)N/N=C\c1ccc(Br)o1)c1ccc(Cl)cc1Cl. The van der Waals surface area contributed by atoms with Crippen molar-refractivity contribution < 1.29 is 14.0 Å². The van der Waals surface area contributed by atoms with E-state index in [1.54, 1.807) is 42.5 Å². The summed E-state index contributed by atoms with van der Waals surface area (Å²) in [6.07, 6.45) is 1.36. The van der Waals surface area contributed by atoms with Crippen molar-refractivity contribution in [3.05, 3.63) is 86.2 Å². The summed E-state index contributed by atoms with van der Waals surface area (Å²) < 4.78 is 5.80. The number of anilines is 1. The van der Waals surface area contributed by atoms with Crippen LogP contribution in [0, 0.1) is 0 Å². The number of carbonyl (C=O) groups excluding carboxylic acids is 2. The smallest absolute Gasteiger partial charge is 0.273 e. The van der Waals surface area contributed by atoms with Crippen LogP contribution in [-0.2, 0) is 0 Å². The maximum absolute atomic E-state index is 12.5. The molecule has 6 nitrogen and oxygen atoms in total. The molecule has 9 heteroatoms. The number of furan rings is 1. The number of hydrazone groups is 1. The molecule has 0 aliphatic heterocycles. The van der Waals surface area contributed by atoms with E-state index in [9.17, 15) is 9.59 Å². The second-order valence-electron chi connectivity index (χ2n) is 5.46. The van der Waals surface area contributed by atoms with E-state index < -0.39 is 11.8 Å². The molecule has 2 amide bonds. The van der Waals surface area contributed by atoms with Crippen molar-refractivity contribution in [3.63, 3.8) is 0 Å². The highest BCUT2D eigenvalue weighted by molar-refractivity contribution is 9.10. The molecule has 1 heterocycles. The zero-order valence-electron chi connectivity index (χ0n) is 14.1. The Hall–Kier alpha value is -2.61. The Kier molecular flexibility index (Phi) is 6.51. The molecule has 0 radical (unpaired) electrons. The van der Waals surface area contributed by atoms with Gasteiger partial charge in [-0.3, -0.25) is 9.59 Å². The lowest BCUT2D eigenvalue weighted by Crippen LogP contribution is -2.21. The van der Waals surface area contributed by atoms with Gasteiger partial charge in [-0.05, 0) is 58.4 Å². The largest absolute Gasteiger partial charge is 0.448 e. The highest BCUT2D eigenvalue weighted by atomic mass is 79.9. The standard InChI is InChI=1S/C19H12BrCl2N3O3/c20-17-8-6-12(28-17)10-23-25-19(27)14-3-1-2-4-16(14)24-18(26)13-7-5-11(21)9-15(13)22/h1-10H,(H,24,26)(H,25,27)/b23-10-. The molecule has 0 saturated carbocycles. The molecule has 1 aromatic heterocycles. The van der Waals surface area contributed by atoms with E-state index in [2.05, 4.69) is 31.8 Å². The van der Waals surface area contributed by atoms with Crippen molar-refractivity contribution in [1.29, 1.82) is 0 Å². The summed E-state index contributed by atoms with van der Waals surface area (Å²) in [5, 5.41) is 7.15. The first-order valence-electron chi connectivity index (χ1n) is 7.88. The lowest BCUT2D eigenvalue weighted by molar-refractivity contribution is 0.0956. The molecule has 0 aliphatic carbocycles. The maximum atomic E-state index is 12.5. The van der Waals surface area contributed by atoms with Gasteiger partial charge in [0, 0.05) is 5.02 Å². The Morgan fingerprint density at radius 2 is 1.79 bits per heavy atom. The van der Waals surface area contributed by atoms with Crippen molar-refractivity contribution in [3.8, 4) is 0 Å². The Balaban J connectivity index is 1.74. The van der Waals surface area contributed by atoms with Gasteiger partial charge >= 0.3 is 0 Å². The molecule has 0 bridgehead atoms. The van der Waals surface area contributed by atoms with E-state index in [1.165, 1.54) is 18.3 Å². The first kappa shape index (κ1) is 20.1. The van der Waals surface area contributed by atoms with Crippen LogP contribution in [0.4, 0.5) is 5.69 Å². The third kappa shape index (κ3) is 5.01. The molecular weight excluding hydrogens is 469 g/mol. The topological polar surface area (TPSA) is 83.7 Å². The minimum Gasteiger partial charge on any atom is -0.448 e. The number of halogens is 3. The molecule has 28 heavy (non-hydrogen) atoms. The fourth-order valence-corrected chi connectivity index (χ4v) is 3.08. The average Bonchev–Trinajstić information content (AvgIpc) is 3.07. The molecule has 0 atom stereocenters.